The van der Waals surface area contributed by atoms with Crippen molar-refractivity contribution in [1.29, 1.82) is 0 Å². The Morgan fingerprint density at radius 3 is 2.35 bits per heavy atom. The zero-order chi connectivity index (χ0) is 19.1. The lowest BCUT2D eigenvalue weighted by atomic mass is 10.2. The molecule has 0 aliphatic rings. The van der Waals surface area contributed by atoms with Crippen LogP contribution in [0.25, 0.3) is 0 Å². The molecular formula is C19H22Cl2N2O2S. The fourth-order valence-electron chi connectivity index (χ4n) is 2.46. The summed E-state index contributed by atoms with van der Waals surface area (Å²) in [5.74, 6) is 1.44. The van der Waals surface area contributed by atoms with Crippen molar-refractivity contribution in [2.45, 2.75) is 20.4 Å². The summed E-state index contributed by atoms with van der Waals surface area (Å²) in [5.41, 5.74) is 1.83. The van der Waals surface area contributed by atoms with Gasteiger partial charge in [0, 0.05) is 28.8 Å². The van der Waals surface area contributed by atoms with Crippen LogP contribution in [0.2, 0.25) is 10.0 Å². The second kappa shape index (κ2) is 9.86. The molecule has 0 atom stereocenters. The maximum absolute atomic E-state index is 6.04. The average Bonchev–Trinajstić information content (AvgIpc) is 2.59. The molecule has 2 aromatic rings. The number of hydrogen-bond acceptors (Lipinski definition) is 3. The molecule has 0 spiro atoms. The number of benzene rings is 2. The third-order valence-corrected chi connectivity index (χ3v) is 4.48. The van der Waals surface area contributed by atoms with Crippen LogP contribution in [-0.4, -0.2) is 30.3 Å². The van der Waals surface area contributed by atoms with E-state index in [0.717, 1.165) is 23.5 Å². The molecule has 0 aromatic heterocycles. The molecule has 7 heteroatoms. The molecule has 0 radical (unpaired) electrons. The molecule has 26 heavy (non-hydrogen) atoms. The zero-order valence-electron chi connectivity index (χ0n) is 15.0. The van der Waals surface area contributed by atoms with Crippen LogP contribution in [0.5, 0.6) is 11.5 Å². The second-order valence-corrected chi connectivity index (χ2v) is 6.78. The molecule has 0 bridgehead atoms. The summed E-state index contributed by atoms with van der Waals surface area (Å²) in [4.78, 5) is 2.04. The topological polar surface area (TPSA) is 33.7 Å². The molecule has 140 valence electrons. The van der Waals surface area contributed by atoms with Gasteiger partial charge >= 0.3 is 0 Å². The maximum Gasteiger partial charge on any atom is 0.173 e. The minimum atomic E-state index is 0.557. The Hall–Kier alpha value is -1.69. The quantitative estimate of drug-likeness (QED) is 0.596. The van der Waals surface area contributed by atoms with Crippen LogP contribution in [0.3, 0.4) is 0 Å². The van der Waals surface area contributed by atoms with E-state index in [1.165, 1.54) is 0 Å². The van der Waals surface area contributed by atoms with Crippen molar-refractivity contribution in [3.8, 4) is 11.5 Å². The fraction of sp³-hybridized carbons (Fsp3) is 0.316. The van der Waals surface area contributed by atoms with E-state index in [2.05, 4.69) is 5.32 Å². The van der Waals surface area contributed by atoms with Crippen molar-refractivity contribution in [2.75, 3.05) is 25.6 Å². The maximum atomic E-state index is 6.04. The van der Waals surface area contributed by atoms with E-state index in [1.807, 2.05) is 36.9 Å². The molecule has 2 rings (SSSR count). The average molecular weight is 413 g/mol. The van der Waals surface area contributed by atoms with Crippen LogP contribution in [0.1, 0.15) is 19.4 Å². The van der Waals surface area contributed by atoms with E-state index in [0.29, 0.717) is 34.1 Å². The largest absolute Gasteiger partial charge is 0.493 e. The summed E-state index contributed by atoms with van der Waals surface area (Å²) in [6.07, 6.45) is 0. The van der Waals surface area contributed by atoms with Gasteiger partial charge in [-0.05, 0) is 62.0 Å². The van der Waals surface area contributed by atoms with Gasteiger partial charge in [-0.1, -0.05) is 29.3 Å². The number of anilines is 1. The van der Waals surface area contributed by atoms with Crippen molar-refractivity contribution >= 4 is 46.2 Å². The molecule has 1 N–H and O–H groups in total. The molecule has 0 fully saturated rings. The SMILES string of the molecule is CCOc1ccc(CN(CC)C(=S)Nc2cc(Cl)cc(Cl)c2)cc1OC. The van der Waals surface area contributed by atoms with Gasteiger partial charge in [0.05, 0.1) is 13.7 Å². The van der Waals surface area contributed by atoms with E-state index in [4.69, 9.17) is 44.9 Å². The number of thiocarbonyl (C=S) groups is 1. The molecule has 0 saturated carbocycles. The van der Waals surface area contributed by atoms with Gasteiger partial charge in [-0.3, -0.25) is 0 Å². The monoisotopic (exact) mass is 412 g/mol. The van der Waals surface area contributed by atoms with Gasteiger partial charge in [0.15, 0.2) is 16.6 Å². The highest BCUT2D eigenvalue weighted by atomic mass is 35.5. The number of nitrogens with zero attached hydrogens (tertiary/aromatic N) is 1. The molecule has 0 saturated heterocycles. The molecule has 0 heterocycles. The van der Waals surface area contributed by atoms with Crippen molar-refractivity contribution in [1.82, 2.24) is 4.90 Å². The van der Waals surface area contributed by atoms with Crippen molar-refractivity contribution in [2.24, 2.45) is 0 Å². The lowest BCUT2D eigenvalue weighted by Gasteiger charge is -2.25. The van der Waals surface area contributed by atoms with Crippen molar-refractivity contribution in [3.05, 3.63) is 52.0 Å². The van der Waals surface area contributed by atoms with E-state index in [-0.39, 0.29) is 0 Å². The minimum Gasteiger partial charge on any atom is -0.493 e. The summed E-state index contributed by atoms with van der Waals surface area (Å²) in [5, 5.41) is 4.90. The van der Waals surface area contributed by atoms with Crippen LogP contribution < -0.4 is 14.8 Å². The highest BCUT2D eigenvalue weighted by Gasteiger charge is 2.12. The van der Waals surface area contributed by atoms with Crippen molar-refractivity contribution in [3.63, 3.8) is 0 Å². The first-order valence-corrected chi connectivity index (χ1v) is 9.45. The summed E-state index contributed by atoms with van der Waals surface area (Å²) >= 11 is 17.6. The molecule has 0 unspecified atom stereocenters. The molecule has 0 amide bonds. The summed E-state index contributed by atoms with van der Waals surface area (Å²) in [6, 6.07) is 11.1. The summed E-state index contributed by atoms with van der Waals surface area (Å²) in [6.45, 7) is 5.96. The first-order valence-electron chi connectivity index (χ1n) is 8.28. The number of ether oxygens (including phenoxy) is 2. The van der Waals surface area contributed by atoms with E-state index in [9.17, 15) is 0 Å². The predicted octanol–water partition coefficient (Wildman–Crippen LogP) is 5.62. The van der Waals surface area contributed by atoms with Crippen LogP contribution in [-0.2, 0) is 6.54 Å². The Kier molecular flexibility index (Phi) is 7.82. The Labute approximate surface area is 170 Å². The third kappa shape index (κ3) is 5.66. The third-order valence-electron chi connectivity index (χ3n) is 3.68. The van der Waals surface area contributed by atoms with Gasteiger partial charge in [0.25, 0.3) is 0 Å². The predicted molar refractivity (Wildman–Crippen MR) is 113 cm³/mol. The van der Waals surface area contributed by atoms with Crippen LogP contribution in [0, 0.1) is 0 Å². The van der Waals surface area contributed by atoms with E-state index < -0.39 is 0 Å². The van der Waals surface area contributed by atoms with Gasteiger partial charge in [-0.15, -0.1) is 0 Å². The number of methoxy groups -OCH3 is 1. The molecular weight excluding hydrogens is 391 g/mol. The Morgan fingerprint density at radius 1 is 1.08 bits per heavy atom. The second-order valence-electron chi connectivity index (χ2n) is 5.52. The number of hydrogen-bond donors (Lipinski definition) is 1. The van der Waals surface area contributed by atoms with E-state index >= 15 is 0 Å². The smallest absolute Gasteiger partial charge is 0.173 e. The van der Waals surface area contributed by atoms with Gasteiger partial charge in [0.2, 0.25) is 0 Å². The Balaban J connectivity index is 2.11. The van der Waals surface area contributed by atoms with Crippen molar-refractivity contribution < 1.29 is 9.47 Å². The van der Waals surface area contributed by atoms with E-state index in [1.54, 1.807) is 25.3 Å². The number of halogens is 2. The lowest BCUT2D eigenvalue weighted by molar-refractivity contribution is 0.310. The number of rotatable bonds is 7. The molecule has 0 aliphatic carbocycles. The minimum absolute atomic E-state index is 0.557. The zero-order valence-corrected chi connectivity index (χ0v) is 17.3. The highest BCUT2D eigenvalue weighted by Crippen LogP contribution is 2.29. The summed E-state index contributed by atoms with van der Waals surface area (Å²) < 4.78 is 11.0. The standard InChI is InChI=1S/C19H22Cl2N2O2S/c1-4-23(19(26)22-16-10-14(20)9-15(21)11-16)12-13-6-7-17(25-5-2)18(8-13)24-3/h6-11H,4-5,12H2,1-3H3,(H,22,26). The van der Waals surface area contributed by atoms with Gasteiger partial charge in [-0.2, -0.15) is 0 Å². The highest BCUT2D eigenvalue weighted by molar-refractivity contribution is 7.80. The van der Waals surface area contributed by atoms with Gasteiger partial charge in [-0.25, -0.2) is 0 Å². The summed E-state index contributed by atoms with van der Waals surface area (Å²) in [7, 11) is 1.63. The molecule has 2 aromatic carbocycles. The molecule has 0 aliphatic heterocycles. The van der Waals surface area contributed by atoms with Crippen LogP contribution in [0.4, 0.5) is 5.69 Å². The first kappa shape index (κ1) is 20.6. The normalized spacial score (nSPS) is 10.3. The van der Waals surface area contributed by atoms with Gasteiger partial charge < -0.3 is 19.7 Å². The molecule has 4 nitrogen and oxygen atoms in total. The number of nitrogens with one attached hydrogen (secondary N) is 1. The van der Waals surface area contributed by atoms with Gasteiger partial charge in [0.1, 0.15) is 0 Å². The lowest BCUT2D eigenvalue weighted by Crippen LogP contribution is -2.34. The Bertz CT molecular complexity index is 751. The first-order chi connectivity index (χ1) is 12.5. The van der Waals surface area contributed by atoms with Crippen LogP contribution >= 0.6 is 35.4 Å². The fourth-order valence-corrected chi connectivity index (χ4v) is 3.30. The Morgan fingerprint density at radius 2 is 1.77 bits per heavy atom. The van der Waals surface area contributed by atoms with Crippen LogP contribution in [0.15, 0.2) is 36.4 Å².